The Bertz CT molecular complexity index is 1890. The minimum absolute atomic E-state index is 0.0503. The monoisotopic (exact) mass is 620 g/mol. The molecule has 1 unspecified atom stereocenters. The summed E-state index contributed by atoms with van der Waals surface area (Å²) in [5.41, 5.74) is 3.61. The first-order valence-corrected chi connectivity index (χ1v) is 14.6. The molecule has 0 aromatic heterocycles. The zero-order valence-electron chi connectivity index (χ0n) is 24.5. The molecule has 12 heteroatoms. The number of hydrogen-bond acceptors (Lipinski definition) is 8. The molecular weight excluding hydrogens is 592 g/mol. The number of carbonyl (C=O) groups is 2. The highest BCUT2D eigenvalue weighted by atomic mass is 16.6. The largest absolute Gasteiger partial charge is 0.473 e. The van der Waals surface area contributed by atoms with E-state index in [1.54, 1.807) is 23.1 Å². The van der Waals surface area contributed by atoms with Crippen molar-refractivity contribution < 1.29 is 33.5 Å². The Hall–Kier alpha value is -5.88. The maximum Gasteiger partial charge on any atom is 0.411 e. The van der Waals surface area contributed by atoms with Crippen molar-refractivity contribution in [2.45, 2.75) is 12.2 Å². The van der Waals surface area contributed by atoms with Gasteiger partial charge in [0.2, 0.25) is 0 Å². The normalized spacial score (nSPS) is 17.6. The molecule has 46 heavy (non-hydrogen) atoms. The highest BCUT2D eigenvalue weighted by molar-refractivity contribution is 5.90. The lowest BCUT2D eigenvalue weighted by Gasteiger charge is -2.37. The van der Waals surface area contributed by atoms with E-state index in [4.69, 9.17) is 18.9 Å². The van der Waals surface area contributed by atoms with Crippen LogP contribution in [0, 0.1) is 10.1 Å². The molecule has 0 radical (unpaired) electrons. The van der Waals surface area contributed by atoms with Crippen LogP contribution in [0.2, 0.25) is 0 Å². The van der Waals surface area contributed by atoms with Gasteiger partial charge < -0.3 is 29.2 Å². The van der Waals surface area contributed by atoms with Gasteiger partial charge in [-0.1, -0.05) is 30.8 Å². The predicted molar refractivity (Wildman–Crippen MR) is 168 cm³/mol. The molecule has 0 bridgehead atoms. The van der Waals surface area contributed by atoms with Crippen LogP contribution < -0.4 is 15.4 Å². The van der Waals surface area contributed by atoms with Gasteiger partial charge in [-0.2, -0.15) is 0 Å². The van der Waals surface area contributed by atoms with E-state index < -0.39 is 16.6 Å². The van der Waals surface area contributed by atoms with Crippen LogP contribution in [0.3, 0.4) is 0 Å². The lowest BCUT2D eigenvalue weighted by molar-refractivity contribution is -0.384. The molecule has 1 atom stereocenters. The number of nitro benzene ring substituents is 1. The lowest BCUT2D eigenvalue weighted by atomic mass is 9.77. The van der Waals surface area contributed by atoms with Gasteiger partial charge in [0.1, 0.15) is 23.9 Å². The lowest BCUT2D eigenvalue weighted by Crippen LogP contribution is -2.43. The molecule has 0 saturated carbocycles. The number of anilines is 2. The van der Waals surface area contributed by atoms with Crippen LogP contribution in [0.25, 0.3) is 5.76 Å². The Kier molecular flexibility index (Phi) is 7.26. The predicted octanol–water partition coefficient (Wildman–Crippen LogP) is 6.61. The fraction of sp³-hybridized carbons (Fsp3) is 0.176. The number of benzene rings is 4. The fourth-order valence-corrected chi connectivity index (χ4v) is 5.93. The summed E-state index contributed by atoms with van der Waals surface area (Å²) >= 11 is 0. The first-order valence-electron chi connectivity index (χ1n) is 14.6. The van der Waals surface area contributed by atoms with E-state index in [0.29, 0.717) is 66.1 Å². The van der Waals surface area contributed by atoms with Crippen LogP contribution in [0.15, 0.2) is 91.5 Å². The number of morpholine rings is 1. The first kappa shape index (κ1) is 28.9. The van der Waals surface area contributed by atoms with Crippen LogP contribution >= 0.6 is 0 Å². The van der Waals surface area contributed by atoms with E-state index >= 15 is 0 Å². The van der Waals surface area contributed by atoms with E-state index in [2.05, 4.69) is 17.2 Å². The molecule has 3 heterocycles. The summed E-state index contributed by atoms with van der Waals surface area (Å²) in [6.45, 7) is 6.08. The number of hydrogen-bond donors (Lipinski definition) is 2. The smallest absolute Gasteiger partial charge is 0.411 e. The SMILES string of the molecule is C=C1OC2(c3ccc(NC(=O)OCc4ccc([N+](=O)[O-])cc4)cc3Oc3cc(NC(=O)N4CCOCC4)ccc32)c2ccccc21. The fourth-order valence-electron chi connectivity index (χ4n) is 5.93. The van der Waals surface area contributed by atoms with Gasteiger partial charge in [-0.3, -0.25) is 15.4 Å². The number of urea groups is 1. The summed E-state index contributed by atoms with van der Waals surface area (Å²) in [5, 5.41) is 16.6. The molecule has 232 valence electrons. The molecule has 1 saturated heterocycles. The van der Waals surface area contributed by atoms with Gasteiger partial charge in [0, 0.05) is 71.0 Å². The molecule has 1 fully saturated rings. The third-order valence-electron chi connectivity index (χ3n) is 8.14. The number of carbonyl (C=O) groups excluding carboxylic acids is 2. The molecule has 3 aliphatic heterocycles. The minimum Gasteiger partial charge on any atom is -0.473 e. The van der Waals surface area contributed by atoms with Crippen LogP contribution in [0.1, 0.15) is 27.8 Å². The van der Waals surface area contributed by atoms with E-state index in [0.717, 1.165) is 16.7 Å². The average Bonchev–Trinajstić information content (AvgIpc) is 3.36. The number of rotatable bonds is 5. The van der Waals surface area contributed by atoms with Crippen molar-refractivity contribution in [1.82, 2.24) is 4.90 Å². The quantitative estimate of drug-likeness (QED) is 0.188. The van der Waals surface area contributed by atoms with Crippen molar-refractivity contribution in [1.29, 1.82) is 0 Å². The topological polar surface area (TPSA) is 142 Å². The molecule has 4 aromatic carbocycles. The van der Waals surface area contributed by atoms with Crippen molar-refractivity contribution in [3.05, 3.63) is 129 Å². The Morgan fingerprint density at radius 2 is 1.54 bits per heavy atom. The Balaban J connectivity index is 1.18. The van der Waals surface area contributed by atoms with Gasteiger partial charge in [0.25, 0.3) is 5.69 Å². The van der Waals surface area contributed by atoms with Crippen LogP contribution in [0.4, 0.5) is 26.7 Å². The van der Waals surface area contributed by atoms with E-state index in [1.807, 2.05) is 42.5 Å². The third kappa shape index (κ3) is 5.14. The number of nitrogens with one attached hydrogen (secondary N) is 2. The van der Waals surface area contributed by atoms with E-state index in [1.165, 1.54) is 24.3 Å². The Morgan fingerprint density at radius 3 is 2.22 bits per heavy atom. The van der Waals surface area contributed by atoms with Gasteiger partial charge in [0.05, 0.1) is 18.1 Å². The zero-order valence-corrected chi connectivity index (χ0v) is 24.5. The molecule has 3 aliphatic rings. The summed E-state index contributed by atoms with van der Waals surface area (Å²) in [6, 6.07) is 24.0. The molecule has 2 N–H and O–H groups in total. The Labute approximate surface area is 263 Å². The number of nitrogens with zero attached hydrogens (tertiary/aromatic N) is 2. The first-order chi connectivity index (χ1) is 22.3. The summed E-state index contributed by atoms with van der Waals surface area (Å²) in [4.78, 5) is 37.7. The van der Waals surface area contributed by atoms with Gasteiger partial charge in [-0.25, -0.2) is 9.59 Å². The van der Waals surface area contributed by atoms with Crippen molar-refractivity contribution in [2.75, 3.05) is 36.9 Å². The summed E-state index contributed by atoms with van der Waals surface area (Å²) in [7, 11) is 0. The van der Waals surface area contributed by atoms with Crippen molar-refractivity contribution in [3.8, 4) is 11.5 Å². The summed E-state index contributed by atoms with van der Waals surface area (Å²) in [6.07, 6.45) is -0.715. The summed E-state index contributed by atoms with van der Waals surface area (Å²) in [5.74, 6) is 1.41. The number of non-ortho nitro benzene ring substituents is 1. The molecule has 12 nitrogen and oxygen atoms in total. The number of fused-ring (bicyclic) bond motifs is 6. The van der Waals surface area contributed by atoms with Crippen LogP contribution in [-0.2, 0) is 26.4 Å². The zero-order chi connectivity index (χ0) is 31.8. The van der Waals surface area contributed by atoms with Crippen LogP contribution in [0.5, 0.6) is 11.5 Å². The number of nitro groups is 1. The number of ether oxygens (including phenoxy) is 4. The molecule has 4 aromatic rings. The second-order valence-electron chi connectivity index (χ2n) is 10.9. The Morgan fingerprint density at radius 1 is 0.891 bits per heavy atom. The second-order valence-corrected chi connectivity index (χ2v) is 10.9. The molecule has 1 spiro atoms. The molecule has 3 amide bonds. The molecule has 0 aliphatic carbocycles. The minimum atomic E-state index is -1.09. The van der Waals surface area contributed by atoms with Crippen molar-refractivity contribution in [2.24, 2.45) is 0 Å². The molecular formula is C34H28N4O8. The van der Waals surface area contributed by atoms with Crippen molar-refractivity contribution >= 4 is 34.9 Å². The maximum atomic E-state index is 12.9. The van der Waals surface area contributed by atoms with Crippen LogP contribution in [-0.4, -0.2) is 48.3 Å². The average molecular weight is 621 g/mol. The van der Waals surface area contributed by atoms with Gasteiger partial charge in [-0.05, 0) is 42.0 Å². The van der Waals surface area contributed by atoms with Gasteiger partial charge in [0.15, 0.2) is 5.60 Å². The second kappa shape index (κ2) is 11.6. The van der Waals surface area contributed by atoms with Crippen molar-refractivity contribution in [3.63, 3.8) is 0 Å². The van der Waals surface area contributed by atoms with E-state index in [9.17, 15) is 19.7 Å². The third-order valence-corrected chi connectivity index (χ3v) is 8.14. The standard InChI is InChI=1S/C34H28N4O8/c1-21-26-4-2-3-5-27(26)34(46-21)28-12-8-23(35-32(39)37-14-16-43-17-15-37)18-30(28)45-31-19-24(9-13-29(31)34)36-33(40)44-20-22-6-10-25(11-7-22)38(41)42/h2-13,18-19H,1,14-17,20H2,(H,35,39)(H,36,40). The van der Waals surface area contributed by atoms with Gasteiger partial charge >= 0.3 is 12.1 Å². The van der Waals surface area contributed by atoms with Gasteiger partial charge in [-0.15, -0.1) is 0 Å². The maximum absolute atomic E-state index is 12.9. The molecule has 7 rings (SSSR count). The highest BCUT2D eigenvalue weighted by Crippen LogP contribution is 2.58. The highest BCUT2D eigenvalue weighted by Gasteiger charge is 2.51. The summed E-state index contributed by atoms with van der Waals surface area (Å²) < 4.78 is 23.7. The van der Waals surface area contributed by atoms with E-state index in [-0.39, 0.29) is 18.3 Å². The number of amides is 3.